The molecule has 0 spiro atoms. The van der Waals surface area contributed by atoms with Crippen LogP contribution in [0.4, 0.5) is 5.13 Å². The number of hydrazine groups is 1. The predicted molar refractivity (Wildman–Crippen MR) is 64.9 cm³/mol. The van der Waals surface area contributed by atoms with E-state index in [1.54, 1.807) is 0 Å². The zero-order valence-electron chi connectivity index (χ0n) is 8.64. The van der Waals surface area contributed by atoms with Gasteiger partial charge in [-0.1, -0.05) is 18.3 Å². The number of nitrogens with two attached hydrogens (primary N) is 1. The summed E-state index contributed by atoms with van der Waals surface area (Å²) in [5.41, 5.74) is 2.52. The van der Waals surface area contributed by atoms with Crippen LogP contribution < -0.4 is 11.3 Å². The van der Waals surface area contributed by atoms with Gasteiger partial charge in [0.05, 0.1) is 6.54 Å². The fraction of sp³-hybridized carbons (Fsp3) is 0.750. The van der Waals surface area contributed by atoms with E-state index in [4.69, 9.17) is 5.84 Å². The Morgan fingerprint density at radius 1 is 1.60 bits per heavy atom. The Morgan fingerprint density at radius 3 is 3.13 bits per heavy atom. The minimum Gasteiger partial charge on any atom is -0.298 e. The Morgan fingerprint density at radius 2 is 2.47 bits per heavy atom. The van der Waals surface area contributed by atoms with E-state index < -0.39 is 0 Å². The van der Waals surface area contributed by atoms with Gasteiger partial charge in [-0.15, -0.1) is 10.2 Å². The van der Waals surface area contributed by atoms with Crippen LogP contribution in [0.3, 0.4) is 0 Å². The van der Waals surface area contributed by atoms with Crippen molar-refractivity contribution in [1.29, 1.82) is 0 Å². The molecule has 84 valence electrons. The largest absolute Gasteiger partial charge is 0.298 e. The van der Waals surface area contributed by atoms with Crippen LogP contribution in [-0.4, -0.2) is 39.2 Å². The standard InChI is InChI=1S/C8H15N5S2/c1-6-4-13(2-3-14-6)5-7-11-12-8(10-9)15-7/h6H,2-5,9H2,1H3,(H,10,12). The molecule has 3 N–H and O–H groups in total. The van der Waals surface area contributed by atoms with Crippen molar-refractivity contribution in [2.45, 2.75) is 18.7 Å². The molecule has 1 aliphatic rings. The smallest absolute Gasteiger partial charge is 0.219 e. The molecule has 1 unspecified atom stereocenters. The van der Waals surface area contributed by atoms with E-state index >= 15 is 0 Å². The highest BCUT2D eigenvalue weighted by atomic mass is 32.2. The summed E-state index contributed by atoms with van der Waals surface area (Å²) in [6.45, 7) is 5.43. The van der Waals surface area contributed by atoms with Gasteiger partial charge in [-0.2, -0.15) is 11.8 Å². The van der Waals surface area contributed by atoms with Crippen molar-refractivity contribution in [1.82, 2.24) is 15.1 Å². The first kappa shape index (κ1) is 11.1. The number of hydrogen-bond donors (Lipinski definition) is 2. The third kappa shape index (κ3) is 3.04. The SMILES string of the molecule is CC1CN(Cc2nnc(NN)s2)CCS1. The molecule has 7 heteroatoms. The van der Waals surface area contributed by atoms with Gasteiger partial charge >= 0.3 is 0 Å². The van der Waals surface area contributed by atoms with E-state index in [-0.39, 0.29) is 0 Å². The minimum absolute atomic E-state index is 0.685. The maximum atomic E-state index is 5.26. The summed E-state index contributed by atoms with van der Waals surface area (Å²) in [7, 11) is 0. The zero-order chi connectivity index (χ0) is 10.7. The van der Waals surface area contributed by atoms with Gasteiger partial charge in [0.25, 0.3) is 0 Å². The molecule has 2 heterocycles. The normalized spacial score (nSPS) is 22.9. The minimum atomic E-state index is 0.685. The van der Waals surface area contributed by atoms with Gasteiger partial charge in [-0.3, -0.25) is 10.3 Å². The van der Waals surface area contributed by atoms with Crippen LogP contribution in [0.25, 0.3) is 0 Å². The summed E-state index contributed by atoms with van der Waals surface area (Å²) < 4.78 is 0. The number of aromatic nitrogens is 2. The van der Waals surface area contributed by atoms with E-state index in [1.807, 2.05) is 11.8 Å². The average molecular weight is 245 g/mol. The maximum Gasteiger partial charge on any atom is 0.219 e. The summed E-state index contributed by atoms with van der Waals surface area (Å²) in [4.78, 5) is 2.42. The molecular weight excluding hydrogens is 230 g/mol. The number of hydrogen-bond acceptors (Lipinski definition) is 7. The molecule has 1 aromatic heterocycles. The molecule has 0 saturated carbocycles. The molecule has 15 heavy (non-hydrogen) atoms. The first-order chi connectivity index (χ1) is 7.28. The molecule has 1 atom stereocenters. The third-order valence-corrected chi connectivity index (χ3v) is 4.25. The van der Waals surface area contributed by atoms with Crippen LogP contribution in [0.15, 0.2) is 0 Å². The fourth-order valence-corrected chi connectivity index (χ4v) is 3.38. The third-order valence-electron chi connectivity index (χ3n) is 2.27. The van der Waals surface area contributed by atoms with Crippen LogP contribution in [0.1, 0.15) is 11.9 Å². The summed E-state index contributed by atoms with van der Waals surface area (Å²) in [5, 5.41) is 10.4. The molecule has 1 aromatic rings. The second-order valence-electron chi connectivity index (χ2n) is 3.56. The summed E-state index contributed by atoms with van der Waals surface area (Å²) in [6, 6.07) is 0. The molecule has 0 aromatic carbocycles. The van der Waals surface area contributed by atoms with Gasteiger partial charge in [0, 0.05) is 24.1 Å². The molecule has 1 saturated heterocycles. The summed E-state index contributed by atoms with van der Waals surface area (Å²) >= 11 is 3.56. The molecule has 0 bridgehead atoms. The lowest BCUT2D eigenvalue weighted by Crippen LogP contribution is -2.35. The molecule has 1 aliphatic heterocycles. The Hall–Kier alpha value is -0.370. The molecule has 0 aliphatic carbocycles. The number of nitrogen functional groups attached to an aromatic ring is 1. The predicted octanol–water partition coefficient (Wildman–Crippen LogP) is 0.761. The Kier molecular flexibility index (Phi) is 3.79. The van der Waals surface area contributed by atoms with Crippen molar-refractivity contribution in [3.63, 3.8) is 0 Å². The second-order valence-corrected chi connectivity index (χ2v) is 6.17. The number of anilines is 1. The van der Waals surface area contributed by atoms with Crippen molar-refractivity contribution in [2.24, 2.45) is 5.84 Å². The summed E-state index contributed by atoms with van der Waals surface area (Å²) in [6.07, 6.45) is 0. The highest BCUT2D eigenvalue weighted by Crippen LogP contribution is 2.21. The van der Waals surface area contributed by atoms with Crippen molar-refractivity contribution >= 4 is 28.2 Å². The Balaban J connectivity index is 1.90. The number of nitrogens with zero attached hydrogens (tertiary/aromatic N) is 3. The van der Waals surface area contributed by atoms with E-state index in [0.717, 1.165) is 29.9 Å². The highest BCUT2D eigenvalue weighted by molar-refractivity contribution is 7.99. The van der Waals surface area contributed by atoms with Crippen molar-refractivity contribution in [3.05, 3.63) is 5.01 Å². The number of nitrogens with one attached hydrogen (secondary N) is 1. The van der Waals surface area contributed by atoms with Crippen LogP contribution in [0.2, 0.25) is 0 Å². The van der Waals surface area contributed by atoms with Crippen LogP contribution in [0, 0.1) is 0 Å². The number of rotatable bonds is 3. The van der Waals surface area contributed by atoms with E-state index in [1.165, 1.54) is 17.1 Å². The molecule has 1 fully saturated rings. The Bertz CT molecular complexity index is 316. The van der Waals surface area contributed by atoms with Gasteiger partial charge in [-0.05, 0) is 0 Å². The molecule has 2 rings (SSSR count). The van der Waals surface area contributed by atoms with Crippen molar-refractivity contribution in [3.8, 4) is 0 Å². The topological polar surface area (TPSA) is 67.1 Å². The van der Waals surface area contributed by atoms with Crippen LogP contribution in [0.5, 0.6) is 0 Å². The first-order valence-electron chi connectivity index (χ1n) is 4.91. The monoisotopic (exact) mass is 245 g/mol. The van der Waals surface area contributed by atoms with Crippen molar-refractivity contribution in [2.75, 3.05) is 24.3 Å². The molecule has 0 amide bonds. The van der Waals surface area contributed by atoms with Gasteiger partial charge in [-0.25, -0.2) is 5.84 Å². The average Bonchev–Trinajstić information content (AvgIpc) is 2.65. The zero-order valence-corrected chi connectivity index (χ0v) is 10.3. The first-order valence-corrected chi connectivity index (χ1v) is 6.77. The fourth-order valence-electron chi connectivity index (χ4n) is 1.60. The van der Waals surface area contributed by atoms with Crippen molar-refractivity contribution < 1.29 is 0 Å². The summed E-state index contributed by atoms with van der Waals surface area (Å²) in [5.74, 6) is 6.47. The second kappa shape index (κ2) is 5.11. The Labute approximate surface area is 97.4 Å². The van der Waals surface area contributed by atoms with Gasteiger partial charge in [0.15, 0.2) is 0 Å². The lowest BCUT2D eigenvalue weighted by molar-refractivity contribution is 0.277. The van der Waals surface area contributed by atoms with Crippen LogP contribution >= 0.6 is 23.1 Å². The quantitative estimate of drug-likeness (QED) is 0.605. The molecule has 5 nitrogen and oxygen atoms in total. The van der Waals surface area contributed by atoms with E-state index in [9.17, 15) is 0 Å². The molecular formula is C8H15N5S2. The highest BCUT2D eigenvalue weighted by Gasteiger charge is 2.18. The lowest BCUT2D eigenvalue weighted by Gasteiger charge is -2.29. The van der Waals surface area contributed by atoms with E-state index in [2.05, 4.69) is 27.4 Å². The molecule has 0 radical (unpaired) electrons. The van der Waals surface area contributed by atoms with Gasteiger partial charge < -0.3 is 0 Å². The lowest BCUT2D eigenvalue weighted by atomic mass is 10.4. The van der Waals surface area contributed by atoms with Crippen LogP contribution in [-0.2, 0) is 6.54 Å². The van der Waals surface area contributed by atoms with Gasteiger partial charge in [0.2, 0.25) is 5.13 Å². The van der Waals surface area contributed by atoms with E-state index in [0.29, 0.717) is 5.13 Å². The van der Waals surface area contributed by atoms with Gasteiger partial charge in [0.1, 0.15) is 5.01 Å². The number of thioether (sulfide) groups is 1. The maximum absolute atomic E-state index is 5.26.